The predicted octanol–water partition coefficient (Wildman–Crippen LogP) is 3.40. The predicted molar refractivity (Wildman–Crippen MR) is 127 cm³/mol. The molecule has 7 heteroatoms. The van der Waals surface area contributed by atoms with Gasteiger partial charge in [-0.05, 0) is 50.5 Å². The number of carbonyl (C=O) groups excluding carboxylic acids is 1. The summed E-state index contributed by atoms with van der Waals surface area (Å²) in [5.74, 6) is 0.874. The van der Waals surface area contributed by atoms with E-state index in [0.717, 1.165) is 63.7 Å². The van der Waals surface area contributed by atoms with E-state index < -0.39 is 0 Å². The number of aromatic nitrogens is 1. The monoisotopic (exact) mass is 422 g/mol. The van der Waals surface area contributed by atoms with E-state index in [0.29, 0.717) is 0 Å². The SMILES string of the molecule is C[C@@H](CCN1CCN(c2ccccc2)CC1)NC(=O)Nc1cccnc1N1CCCC1. The summed E-state index contributed by atoms with van der Waals surface area (Å²) in [6, 6.07) is 14.4. The molecule has 2 fully saturated rings. The molecule has 166 valence electrons. The van der Waals surface area contributed by atoms with Gasteiger partial charge in [0.1, 0.15) is 0 Å². The number of nitrogens with zero attached hydrogens (tertiary/aromatic N) is 4. The van der Waals surface area contributed by atoms with Crippen LogP contribution in [0.2, 0.25) is 0 Å². The average Bonchev–Trinajstić information content (AvgIpc) is 3.34. The number of pyridine rings is 1. The Morgan fingerprint density at radius 3 is 2.45 bits per heavy atom. The number of anilines is 3. The Labute approximate surface area is 185 Å². The van der Waals surface area contributed by atoms with Crippen LogP contribution in [0, 0.1) is 0 Å². The number of hydrogen-bond acceptors (Lipinski definition) is 5. The van der Waals surface area contributed by atoms with Crippen molar-refractivity contribution in [3.63, 3.8) is 0 Å². The molecule has 2 saturated heterocycles. The second-order valence-electron chi connectivity index (χ2n) is 8.52. The van der Waals surface area contributed by atoms with Crippen LogP contribution >= 0.6 is 0 Å². The van der Waals surface area contributed by atoms with Gasteiger partial charge >= 0.3 is 6.03 Å². The summed E-state index contributed by atoms with van der Waals surface area (Å²) in [4.78, 5) is 24.2. The van der Waals surface area contributed by atoms with Crippen molar-refractivity contribution in [3.8, 4) is 0 Å². The van der Waals surface area contributed by atoms with Crippen LogP contribution in [0.3, 0.4) is 0 Å². The summed E-state index contributed by atoms with van der Waals surface area (Å²) in [6.07, 6.45) is 5.08. The molecule has 0 spiro atoms. The van der Waals surface area contributed by atoms with Crippen LogP contribution in [0.5, 0.6) is 0 Å². The fourth-order valence-electron chi connectivity index (χ4n) is 4.37. The highest BCUT2D eigenvalue weighted by Gasteiger charge is 2.20. The number of nitrogens with one attached hydrogen (secondary N) is 2. The first kappa shape index (κ1) is 21.4. The standard InChI is InChI=1S/C24H34N6O/c1-20(11-15-28-16-18-29(19-17-28)21-8-3-2-4-9-21)26-24(31)27-22-10-7-12-25-23(22)30-13-5-6-14-30/h2-4,7-10,12,20H,5-6,11,13-19H2,1H3,(H2,26,27,31)/t20-/m0/s1. The van der Waals surface area contributed by atoms with Gasteiger partial charge in [-0.2, -0.15) is 0 Å². The first-order valence-electron chi connectivity index (χ1n) is 11.5. The minimum absolute atomic E-state index is 0.110. The summed E-state index contributed by atoms with van der Waals surface area (Å²) in [6.45, 7) is 9.29. The van der Waals surface area contributed by atoms with Crippen LogP contribution in [0.1, 0.15) is 26.2 Å². The van der Waals surface area contributed by atoms with Crippen molar-refractivity contribution in [2.45, 2.75) is 32.2 Å². The Balaban J connectivity index is 1.19. The largest absolute Gasteiger partial charge is 0.369 e. The lowest BCUT2D eigenvalue weighted by molar-refractivity contribution is 0.235. The van der Waals surface area contributed by atoms with Gasteiger partial charge in [-0.3, -0.25) is 4.90 Å². The topological polar surface area (TPSA) is 63.7 Å². The van der Waals surface area contributed by atoms with Crippen molar-refractivity contribution in [3.05, 3.63) is 48.7 Å². The number of carbonyl (C=O) groups is 1. The number of rotatable bonds is 7. The lowest BCUT2D eigenvalue weighted by Gasteiger charge is -2.36. The highest BCUT2D eigenvalue weighted by molar-refractivity contribution is 5.92. The molecule has 2 aromatic rings. The zero-order valence-electron chi connectivity index (χ0n) is 18.5. The van der Waals surface area contributed by atoms with E-state index in [2.05, 4.69) is 67.6 Å². The fourth-order valence-corrected chi connectivity index (χ4v) is 4.37. The molecule has 2 aliphatic heterocycles. The van der Waals surface area contributed by atoms with E-state index in [9.17, 15) is 4.79 Å². The Hall–Kier alpha value is -2.80. The van der Waals surface area contributed by atoms with Crippen LogP contribution in [0.15, 0.2) is 48.7 Å². The second kappa shape index (κ2) is 10.5. The minimum Gasteiger partial charge on any atom is -0.369 e. The Morgan fingerprint density at radius 2 is 1.71 bits per heavy atom. The second-order valence-corrected chi connectivity index (χ2v) is 8.52. The van der Waals surface area contributed by atoms with E-state index in [1.165, 1.54) is 18.5 Å². The maximum absolute atomic E-state index is 12.6. The molecule has 2 N–H and O–H groups in total. The summed E-state index contributed by atoms with van der Waals surface area (Å²) < 4.78 is 0. The third-order valence-corrected chi connectivity index (χ3v) is 6.19. The molecule has 31 heavy (non-hydrogen) atoms. The molecule has 0 saturated carbocycles. The van der Waals surface area contributed by atoms with Crippen molar-refractivity contribution < 1.29 is 4.79 Å². The van der Waals surface area contributed by atoms with Crippen molar-refractivity contribution >= 4 is 23.2 Å². The molecule has 0 aliphatic carbocycles. The van der Waals surface area contributed by atoms with Crippen molar-refractivity contribution in [1.29, 1.82) is 0 Å². The lowest BCUT2D eigenvalue weighted by atomic mass is 10.2. The summed E-state index contributed by atoms with van der Waals surface area (Å²) in [5.41, 5.74) is 2.09. The first-order valence-corrected chi connectivity index (χ1v) is 11.5. The van der Waals surface area contributed by atoms with Crippen LogP contribution in [-0.2, 0) is 0 Å². The van der Waals surface area contributed by atoms with E-state index in [4.69, 9.17) is 0 Å². The number of benzene rings is 1. The molecule has 2 aliphatic rings. The molecule has 0 bridgehead atoms. The molecular formula is C24H34N6O. The maximum Gasteiger partial charge on any atom is 0.319 e. The molecule has 3 heterocycles. The normalized spacial score (nSPS) is 18.1. The van der Waals surface area contributed by atoms with Gasteiger partial charge in [-0.1, -0.05) is 18.2 Å². The molecule has 0 unspecified atom stereocenters. The third kappa shape index (κ3) is 5.88. The number of urea groups is 1. The van der Waals surface area contributed by atoms with Crippen molar-refractivity contribution in [2.75, 3.05) is 60.9 Å². The molecule has 1 aromatic heterocycles. The maximum atomic E-state index is 12.6. The summed E-state index contributed by atoms with van der Waals surface area (Å²) in [5, 5.41) is 6.09. The number of hydrogen-bond donors (Lipinski definition) is 2. The average molecular weight is 423 g/mol. The molecule has 4 rings (SSSR count). The Morgan fingerprint density at radius 1 is 0.968 bits per heavy atom. The van der Waals surface area contributed by atoms with Crippen LogP contribution in [0.25, 0.3) is 0 Å². The van der Waals surface area contributed by atoms with Gasteiger partial charge in [-0.25, -0.2) is 9.78 Å². The molecule has 2 amide bonds. The van der Waals surface area contributed by atoms with Gasteiger partial charge in [0.05, 0.1) is 5.69 Å². The zero-order chi connectivity index (χ0) is 21.5. The highest BCUT2D eigenvalue weighted by Crippen LogP contribution is 2.26. The van der Waals surface area contributed by atoms with E-state index in [1.807, 2.05) is 12.1 Å². The summed E-state index contributed by atoms with van der Waals surface area (Å²) in [7, 11) is 0. The highest BCUT2D eigenvalue weighted by atomic mass is 16.2. The van der Waals surface area contributed by atoms with Gasteiger partial charge in [0, 0.05) is 63.7 Å². The number of piperazine rings is 1. The van der Waals surface area contributed by atoms with E-state index in [1.54, 1.807) is 6.20 Å². The van der Waals surface area contributed by atoms with Gasteiger partial charge in [0.2, 0.25) is 0 Å². The number of amides is 2. The van der Waals surface area contributed by atoms with Crippen LogP contribution < -0.4 is 20.4 Å². The quantitative estimate of drug-likeness (QED) is 0.716. The van der Waals surface area contributed by atoms with Gasteiger partial charge < -0.3 is 20.4 Å². The number of para-hydroxylation sites is 1. The van der Waals surface area contributed by atoms with Gasteiger partial charge in [0.25, 0.3) is 0 Å². The molecule has 1 atom stereocenters. The minimum atomic E-state index is -0.158. The van der Waals surface area contributed by atoms with E-state index in [-0.39, 0.29) is 12.1 Å². The smallest absolute Gasteiger partial charge is 0.319 e. The van der Waals surface area contributed by atoms with Crippen LogP contribution in [0.4, 0.5) is 22.0 Å². The molecule has 0 radical (unpaired) electrons. The first-order chi connectivity index (χ1) is 15.2. The lowest BCUT2D eigenvalue weighted by Crippen LogP contribution is -2.47. The summed E-state index contributed by atoms with van der Waals surface area (Å²) >= 11 is 0. The van der Waals surface area contributed by atoms with Crippen molar-refractivity contribution in [1.82, 2.24) is 15.2 Å². The molecule has 7 nitrogen and oxygen atoms in total. The Kier molecular flexibility index (Phi) is 7.25. The molecular weight excluding hydrogens is 388 g/mol. The zero-order valence-corrected chi connectivity index (χ0v) is 18.5. The fraction of sp³-hybridized carbons (Fsp3) is 0.500. The molecule has 1 aromatic carbocycles. The van der Waals surface area contributed by atoms with Crippen LogP contribution in [-0.4, -0.2) is 67.8 Å². The Bertz CT molecular complexity index is 831. The van der Waals surface area contributed by atoms with E-state index >= 15 is 0 Å². The van der Waals surface area contributed by atoms with Gasteiger partial charge in [-0.15, -0.1) is 0 Å². The third-order valence-electron chi connectivity index (χ3n) is 6.19. The van der Waals surface area contributed by atoms with Crippen molar-refractivity contribution in [2.24, 2.45) is 0 Å². The van der Waals surface area contributed by atoms with Gasteiger partial charge in [0.15, 0.2) is 5.82 Å².